The van der Waals surface area contributed by atoms with E-state index in [9.17, 15) is 9.59 Å². The smallest absolute Gasteiger partial charge is 0.308 e. The average molecular weight is 751 g/mol. The zero-order valence-electron chi connectivity index (χ0n) is 34.7. The van der Waals surface area contributed by atoms with Crippen molar-refractivity contribution in [3.8, 4) is 11.3 Å². The molecule has 3 aromatic carbocycles. The molecule has 0 amide bonds. The van der Waals surface area contributed by atoms with Crippen LogP contribution in [-0.4, -0.2) is 36.9 Å². The molecule has 2 aliphatic rings. The second-order valence-electron chi connectivity index (χ2n) is 16.7. The zero-order chi connectivity index (χ0) is 40.4. The fraction of sp³-hybridized carbons (Fsp3) is 0.400. The molecule has 2 heterocycles. The van der Waals surface area contributed by atoms with E-state index < -0.39 is 16.7 Å². The van der Waals surface area contributed by atoms with Crippen molar-refractivity contribution in [1.29, 1.82) is 0 Å². The van der Waals surface area contributed by atoms with Crippen LogP contribution < -0.4 is 0 Å². The predicted molar refractivity (Wildman–Crippen MR) is 231 cm³/mol. The molecule has 0 saturated heterocycles. The predicted octanol–water partition coefficient (Wildman–Crippen LogP) is 11.9. The highest BCUT2D eigenvalue weighted by molar-refractivity contribution is 5.96. The normalized spacial score (nSPS) is 25.2. The number of ether oxygens (including phenoxy) is 2. The molecule has 1 aliphatic heterocycles. The van der Waals surface area contributed by atoms with Gasteiger partial charge in [-0.3, -0.25) is 14.6 Å². The maximum Gasteiger partial charge on any atom is 0.308 e. The number of aliphatic imine (C=N–C) groups is 1. The Kier molecular flexibility index (Phi) is 12.0. The van der Waals surface area contributed by atoms with Gasteiger partial charge in [0.05, 0.1) is 43.0 Å². The Morgan fingerprint density at radius 3 is 2.14 bits per heavy atom. The summed E-state index contributed by atoms with van der Waals surface area (Å²) in [7, 11) is 2.95. The van der Waals surface area contributed by atoms with Crippen molar-refractivity contribution < 1.29 is 19.1 Å². The number of esters is 2. The van der Waals surface area contributed by atoms with Gasteiger partial charge in [-0.1, -0.05) is 107 Å². The van der Waals surface area contributed by atoms with E-state index in [1.807, 2.05) is 26.8 Å². The average Bonchev–Trinajstić information content (AvgIpc) is 3.42. The Morgan fingerprint density at radius 1 is 0.875 bits per heavy atom. The topological polar surface area (TPSA) is 77.8 Å². The fourth-order valence-electron chi connectivity index (χ4n) is 9.88. The molecule has 292 valence electrons. The molecule has 0 fully saturated rings. The van der Waals surface area contributed by atoms with Gasteiger partial charge in [0, 0.05) is 22.1 Å². The summed E-state index contributed by atoms with van der Waals surface area (Å²) in [5.74, 6) is -1.16. The molecule has 6 unspecified atom stereocenters. The molecule has 6 nitrogen and oxygen atoms in total. The Hall–Kier alpha value is -5.10. The number of aromatic nitrogens is 1. The fourth-order valence-corrected chi connectivity index (χ4v) is 9.88. The Bertz CT molecular complexity index is 2210. The number of carbonyl (C=O) groups is 2. The molecule has 4 aromatic rings. The van der Waals surface area contributed by atoms with Crippen molar-refractivity contribution in [3.05, 3.63) is 126 Å². The van der Waals surface area contributed by atoms with Gasteiger partial charge in [0.2, 0.25) is 0 Å². The van der Waals surface area contributed by atoms with Crippen LogP contribution in [0, 0.1) is 29.1 Å². The second-order valence-corrected chi connectivity index (χ2v) is 16.7. The van der Waals surface area contributed by atoms with Crippen molar-refractivity contribution in [2.45, 2.75) is 86.0 Å². The summed E-state index contributed by atoms with van der Waals surface area (Å²) in [6.45, 7) is 19.2. The standard InChI is InChI=1S/C50H58N2O4/c1-11-38-23-31(2)22-32(3)27-49(28-33(4)47(53)55-9,35(6)20-21-36(7)51-37(38)8)30-50(29-34(5)48(54)56-10)43-25-40-17-13-12-16-39(40)24-42(43)46-44(50)26-41-18-14-15-19-45(41)52-46/h12-26,32-35H,8,11,27-30H2,1-7,9-10H3/b21-20-,31-22+,38-23?,51-36?. The van der Waals surface area contributed by atoms with Crippen molar-refractivity contribution >= 4 is 39.3 Å². The van der Waals surface area contributed by atoms with Crippen LogP contribution in [0.2, 0.25) is 0 Å². The monoisotopic (exact) mass is 750 g/mol. The highest BCUT2D eigenvalue weighted by Crippen LogP contribution is 2.61. The minimum atomic E-state index is -0.670. The number of methoxy groups -OCH3 is 2. The molecule has 0 spiro atoms. The van der Waals surface area contributed by atoms with Crippen molar-refractivity contribution in [2.24, 2.45) is 34.1 Å². The van der Waals surface area contributed by atoms with Crippen molar-refractivity contribution in [1.82, 2.24) is 4.98 Å². The molecular weight excluding hydrogens is 693 g/mol. The zero-order valence-corrected chi connectivity index (χ0v) is 34.7. The molecule has 0 saturated carbocycles. The van der Waals surface area contributed by atoms with Crippen LogP contribution in [0.4, 0.5) is 0 Å². The number of para-hydroxylation sites is 1. The van der Waals surface area contributed by atoms with Crippen molar-refractivity contribution in [3.63, 3.8) is 0 Å². The summed E-state index contributed by atoms with van der Waals surface area (Å²) in [6, 6.07) is 23.7. The van der Waals surface area contributed by atoms with Gasteiger partial charge in [-0.15, -0.1) is 0 Å². The van der Waals surface area contributed by atoms with Gasteiger partial charge < -0.3 is 9.47 Å². The third-order valence-corrected chi connectivity index (χ3v) is 12.5. The van der Waals surface area contributed by atoms with E-state index in [4.69, 9.17) is 19.5 Å². The van der Waals surface area contributed by atoms with Crippen LogP contribution in [0.3, 0.4) is 0 Å². The molecule has 6 rings (SSSR count). The van der Waals surface area contributed by atoms with E-state index in [0.29, 0.717) is 19.3 Å². The Balaban J connectivity index is 1.70. The molecule has 56 heavy (non-hydrogen) atoms. The molecular formula is C50H58N2O4. The van der Waals surface area contributed by atoms with Gasteiger partial charge in [0.15, 0.2) is 0 Å². The number of benzene rings is 3. The van der Waals surface area contributed by atoms with E-state index in [2.05, 4.69) is 119 Å². The summed E-state index contributed by atoms with van der Waals surface area (Å²) in [5.41, 5.74) is 8.02. The first-order valence-electron chi connectivity index (χ1n) is 20.2. The van der Waals surface area contributed by atoms with Gasteiger partial charge in [-0.25, -0.2) is 4.98 Å². The van der Waals surface area contributed by atoms with Crippen LogP contribution in [0.25, 0.3) is 32.9 Å². The van der Waals surface area contributed by atoms with E-state index in [0.717, 1.165) is 79.5 Å². The molecule has 0 radical (unpaired) electrons. The van der Waals surface area contributed by atoms with Gasteiger partial charge in [0.1, 0.15) is 0 Å². The first-order chi connectivity index (χ1) is 26.7. The molecule has 0 N–H and O–H groups in total. The van der Waals surface area contributed by atoms with E-state index in [1.165, 1.54) is 14.2 Å². The van der Waals surface area contributed by atoms with Crippen LogP contribution in [0.1, 0.15) is 91.7 Å². The first kappa shape index (κ1) is 40.6. The lowest BCUT2D eigenvalue weighted by molar-refractivity contribution is -0.146. The Labute approximate surface area is 333 Å². The first-order valence-corrected chi connectivity index (χ1v) is 20.2. The third-order valence-electron chi connectivity index (χ3n) is 12.5. The summed E-state index contributed by atoms with van der Waals surface area (Å²) in [5, 5.41) is 3.33. The lowest BCUT2D eigenvalue weighted by Crippen LogP contribution is -2.43. The van der Waals surface area contributed by atoms with Crippen LogP contribution in [0.5, 0.6) is 0 Å². The van der Waals surface area contributed by atoms with Crippen LogP contribution >= 0.6 is 0 Å². The summed E-state index contributed by atoms with van der Waals surface area (Å²) >= 11 is 0. The summed E-state index contributed by atoms with van der Waals surface area (Å²) in [4.78, 5) is 37.4. The number of fused-ring (bicyclic) bond motifs is 5. The lowest BCUT2D eigenvalue weighted by atomic mass is 9.55. The third kappa shape index (κ3) is 7.94. The van der Waals surface area contributed by atoms with Crippen LogP contribution in [0.15, 0.2) is 119 Å². The molecule has 6 atom stereocenters. The maximum absolute atomic E-state index is 13.6. The number of hydrogen-bond acceptors (Lipinski definition) is 6. The highest BCUT2D eigenvalue weighted by atomic mass is 16.5. The Morgan fingerprint density at radius 2 is 1.48 bits per heavy atom. The molecule has 1 aliphatic carbocycles. The number of pyridine rings is 1. The van der Waals surface area contributed by atoms with Crippen molar-refractivity contribution in [2.75, 3.05) is 14.2 Å². The van der Waals surface area contributed by atoms with E-state index in [1.54, 1.807) is 0 Å². The quantitative estimate of drug-likeness (QED) is 0.159. The number of allylic oxidation sites excluding steroid dienone is 6. The molecule has 0 bridgehead atoms. The number of nitrogens with zero attached hydrogens (tertiary/aromatic N) is 2. The summed E-state index contributed by atoms with van der Waals surface area (Å²) in [6.07, 6.45) is 12.3. The number of rotatable bonds is 9. The van der Waals surface area contributed by atoms with Gasteiger partial charge in [-0.05, 0) is 121 Å². The van der Waals surface area contributed by atoms with E-state index >= 15 is 0 Å². The summed E-state index contributed by atoms with van der Waals surface area (Å²) < 4.78 is 10.9. The molecule has 1 aromatic heterocycles. The van der Waals surface area contributed by atoms with Gasteiger partial charge in [-0.2, -0.15) is 0 Å². The second kappa shape index (κ2) is 16.6. The SMILES string of the molecule is C=C1N=C(C)/C=C\C(C)C(CC(C)C(=O)OC)(CC2(CC(C)C(=O)OC)c3cc4ccccc4cc3-c3nc4ccccc4cc32)CC(C)/C=C(\C)C=C1CC. The minimum Gasteiger partial charge on any atom is -0.469 e. The number of carbonyl (C=O) groups excluding carboxylic acids is 2. The van der Waals surface area contributed by atoms with Gasteiger partial charge >= 0.3 is 11.9 Å². The maximum atomic E-state index is 13.6. The molecule has 6 heteroatoms. The van der Waals surface area contributed by atoms with Crippen LogP contribution in [-0.2, 0) is 24.5 Å². The van der Waals surface area contributed by atoms with E-state index in [-0.39, 0.29) is 29.7 Å². The lowest BCUT2D eigenvalue weighted by Gasteiger charge is -2.48. The highest BCUT2D eigenvalue weighted by Gasteiger charge is 2.53. The largest absolute Gasteiger partial charge is 0.469 e. The number of hydrogen-bond donors (Lipinski definition) is 0. The van der Waals surface area contributed by atoms with Gasteiger partial charge in [0.25, 0.3) is 0 Å². The minimum absolute atomic E-state index is 0.0183.